The van der Waals surface area contributed by atoms with Crippen molar-refractivity contribution in [2.75, 3.05) is 18.4 Å². The Morgan fingerprint density at radius 2 is 1.75 bits per heavy atom. The highest BCUT2D eigenvalue weighted by atomic mass is 35.5. The number of carbonyl (C=O) groups is 1. The standard InChI is InChI=1S/C19H22Cl2N2O/c1-13-4-3-5-14(2)19(13)23-18(24)9-11-22-10-8-15-6-7-16(20)12-17(15)21/h3-7,12,22H,8-11H2,1-2H3,(H,23,24). The maximum atomic E-state index is 12.1. The van der Waals surface area contributed by atoms with Gasteiger partial charge in [-0.1, -0.05) is 47.5 Å². The predicted octanol–water partition coefficient (Wildman–Crippen LogP) is 4.77. The quantitative estimate of drug-likeness (QED) is 0.694. The molecule has 0 aliphatic heterocycles. The lowest BCUT2D eigenvalue weighted by Gasteiger charge is -2.12. The maximum absolute atomic E-state index is 12.1. The molecule has 2 rings (SSSR count). The Morgan fingerprint density at radius 3 is 2.42 bits per heavy atom. The first-order valence-corrected chi connectivity index (χ1v) is 8.73. The maximum Gasteiger partial charge on any atom is 0.225 e. The second-order valence-corrected chi connectivity index (χ2v) is 6.64. The topological polar surface area (TPSA) is 41.1 Å². The SMILES string of the molecule is Cc1cccc(C)c1NC(=O)CCNCCc1ccc(Cl)cc1Cl. The fraction of sp³-hybridized carbons (Fsp3) is 0.316. The summed E-state index contributed by atoms with van der Waals surface area (Å²) in [6, 6.07) is 11.5. The monoisotopic (exact) mass is 364 g/mol. The van der Waals surface area contributed by atoms with Crippen LogP contribution in [0.2, 0.25) is 10.0 Å². The summed E-state index contributed by atoms with van der Waals surface area (Å²) in [5, 5.41) is 7.57. The molecule has 3 nitrogen and oxygen atoms in total. The molecule has 0 saturated carbocycles. The van der Waals surface area contributed by atoms with E-state index in [1.54, 1.807) is 6.07 Å². The molecule has 0 fully saturated rings. The van der Waals surface area contributed by atoms with Crippen LogP contribution >= 0.6 is 23.2 Å². The molecule has 0 heterocycles. The lowest BCUT2D eigenvalue weighted by molar-refractivity contribution is -0.116. The summed E-state index contributed by atoms with van der Waals surface area (Å²) >= 11 is 12.0. The first-order valence-electron chi connectivity index (χ1n) is 7.98. The summed E-state index contributed by atoms with van der Waals surface area (Å²) < 4.78 is 0. The minimum atomic E-state index is 0.0180. The molecule has 2 N–H and O–H groups in total. The molecule has 1 amide bonds. The molecule has 128 valence electrons. The van der Waals surface area contributed by atoms with E-state index in [0.717, 1.165) is 35.3 Å². The van der Waals surface area contributed by atoms with E-state index < -0.39 is 0 Å². The van der Waals surface area contributed by atoms with E-state index >= 15 is 0 Å². The molecule has 2 aromatic carbocycles. The van der Waals surface area contributed by atoms with Gasteiger partial charge in [-0.05, 0) is 55.6 Å². The highest BCUT2D eigenvalue weighted by Gasteiger charge is 2.07. The molecule has 5 heteroatoms. The number of aryl methyl sites for hydroxylation is 2. The van der Waals surface area contributed by atoms with E-state index in [2.05, 4.69) is 10.6 Å². The minimum Gasteiger partial charge on any atom is -0.326 e. The Morgan fingerprint density at radius 1 is 1.04 bits per heavy atom. The number of hydrogen-bond donors (Lipinski definition) is 2. The van der Waals surface area contributed by atoms with E-state index in [-0.39, 0.29) is 5.91 Å². The summed E-state index contributed by atoms with van der Waals surface area (Å²) in [5.41, 5.74) is 4.12. The van der Waals surface area contributed by atoms with Crippen molar-refractivity contribution in [3.8, 4) is 0 Å². The van der Waals surface area contributed by atoms with Crippen molar-refractivity contribution in [2.45, 2.75) is 26.7 Å². The summed E-state index contributed by atoms with van der Waals surface area (Å²) in [6.45, 7) is 5.38. The molecule has 0 aromatic heterocycles. The number of amides is 1. The Bertz CT molecular complexity index is 696. The lowest BCUT2D eigenvalue weighted by atomic mass is 10.1. The second kappa shape index (κ2) is 9.07. The molecule has 0 bridgehead atoms. The predicted molar refractivity (Wildman–Crippen MR) is 102 cm³/mol. The van der Waals surface area contributed by atoms with Crippen LogP contribution in [0, 0.1) is 13.8 Å². The summed E-state index contributed by atoms with van der Waals surface area (Å²) in [7, 11) is 0. The Labute approximate surface area is 153 Å². The van der Waals surface area contributed by atoms with E-state index in [1.807, 2.05) is 44.2 Å². The molecule has 0 aliphatic carbocycles. The fourth-order valence-electron chi connectivity index (χ4n) is 2.49. The van der Waals surface area contributed by atoms with Gasteiger partial charge < -0.3 is 10.6 Å². The zero-order valence-electron chi connectivity index (χ0n) is 14.0. The molecule has 0 unspecified atom stereocenters. The molecule has 0 spiro atoms. The fourth-order valence-corrected chi connectivity index (χ4v) is 2.99. The number of nitrogens with one attached hydrogen (secondary N) is 2. The van der Waals surface area contributed by atoms with Gasteiger partial charge in [0.25, 0.3) is 0 Å². The third kappa shape index (κ3) is 5.52. The van der Waals surface area contributed by atoms with E-state index in [9.17, 15) is 4.79 Å². The largest absolute Gasteiger partial charge is 0.326 e. The van der Waals surface area contributed by atoms with E-state index in [4.69, 9.17) is 23.2 Å². The number of anilines is 1. The van der Waals surface area contributed by atoms with Gasteiger partial charge in [-0.2, -0.15) is 0 Å². The van der Waals surface area contributed by atoms with Crippen molar-refractivity contribution in [3.63, 3.8) is 0 Å². The third-order valence-electron chi connectivity index (χ3n) is 3.86. The highest BCUT2D eigenvalue weighted by Crippen LogP contribution is 2.21. The van der Waals surface area contributed by atoms with Gasteiger partial charge in [-0.3, -0.25) is 4.79 Å². The molecule has 0 saturated heterocycles. The van der Waals surface area contributed by atoms with Crippen molar-refractivity contribution in [1.29, 1.82) is 0 Å². The van der Waals surface area contributed by atoms with Crippen molar-refractivity contribution < 1.29 is 4.79 Å². The summed E-state index contributed by atoms with van der Waals surface area (Å²) in [5.74, 6) is 0.0180. The van der Waals surface area contributed by atoms with Gasteiger partial charge in [-0.15, -0.1) is 0 Å². The number of rotatable bonds is 7. The van der Waals surface area contributed by atoms with Crippen LogP contribution in [0.5, 0.6) is 0 Å². The zero-order chi connectivity index (χ0) is 17.5. The number of hydrogen-bond acceptors (Lipinski definition) is 2. The van der Waals surface area contributed by atoms with Crippen LogP contribution in [0.1, 0.15) is 23.1 Å². The van der Waals surface area contributed by atoms with Crippen LogP contribution in [-0.4, -0.2) is 19.0 Å². The van der Waals surface area contributed by atoms with Gasteiger partial charge in [-0.25, -0.2) is 0 Å². The van der Waals surface area contributed by atoms with Crippen molar-refractivity contribution >= 4 is 34.8 Å². The van der Waals surface area contributed by atoms with Crippen LogP contribution in [0.4, 0.5) is 5.69 Å². The van der Waals surface area contributed by atoms with Crippen molar-refractivity contribution in [3.05, 3.63) is 63.1 Å². The molecular formula is C19H22Cl2N2O. The van der Waals surface area contributed by atoms with Gasteiger partial charge in [0.1, 0.15) is 0 Å². The first-order chi connectivity index (χ1) is 11.5. The molecule has 0 aliphatic rings. The summed E-state index contributed by atoms with van der Waals surface area (Å²) in [6.07, 6.45) is 1.23. The Kier molecular flexibility index (Phi) is 7.10. The highest BCUT2D eigenvalue weighted by molar-refractivity contribution is 6.35. The molecule has 0 radical (unpaired) electrons. The number of benzene rings is 2. The molecule has 0 atom stereocenters. The summed E-state index contributed by atoms with van der Waals surface area (Å²) in [4.78, 5) is 12.1. The van der Waals surface area contributed by atoms with Crippen LogP contribution in [0.3, 0.4) is 0 Å². The van der Waals surface area contributed by atoms with Crippen molar-refractivity contribution in [1.82, 2.24) is 5.32 Å². The Hall–Kier alpha value is -1.55. The van der Waals surface area contributed by atoms with Gasteiger partial charge >= 0.3 is 0 Å². The first kappa shape index (κ1) is 18.8. The number of halogens is 2. The number of carbonyl (C=O) groups excluding carboxylic acids is 1. The van der Waals surface area contributed by atoms with E-state index in [0.29, 0.717) is 23.0 Å². The van der Waals surface area contributed by atoms with Crippen molar-refractivity contribution in [2.24, 2.45) is 0 Å². The third-order valence-corrected chi connectivity index (χ3v) is 4.45. The van der Waals surface area contributed by atoms with Crippen LogP contribution in [0.25, 0.3) is 0 Å². The normalized spacial score (nSPS) is 10.7. The molecule has 24 heavy (non-hydrogen) atoms. The average molecular weight is 365 g/mol. The van der Waals surface area contributed by atoms with Gasteiger partial charge in [0.05, 0.1) is 0 Å². The second-order valence-electron chi connectivity index (χ2n) is 5.80. The molecule has 2 aromatic rings. The van der Waals surface area contributed by atoms with Crippen LogP contribution in [0.15, 0.2) is 36.4 Å². The average Bonchev–Trinajstić information content (AvgIpc) is 2.52. The molecular weight excluding hydrogens is 343 g/mol. The number of para-hydroxylation sites is 1. The zero-order valence-corrected chi connectivity index (χ0v) is 15.5. The lowest BCUT2D eigenvalue weighted by Crippen LogP contribution is -2.24. The van der Waals surface area contributed by atoms with Gasteiger partial charge in [0.15, 0.2) is 0 Å². The van der Waals surface area contributed by atoms with E-state index in [1.165, 1.54) is 0 Å². The van der Waals surface area contributed by atoms with Gasteiger partial charge in [0, 0.05) is 28.7 Å². The van der Waals surface area contributed by atoms with Crippen LogP contribution < -0.4 is 10.6 Å². The van der Waals surface area contributed by atoms with Crippen LogP contribution in [-0.2, 0) is 11.2 Å². The van der Waals surface area contributed by atoms with Gasteiger partial charge in [0.2, 0.25) is 5.91 Å². The minimum absolute atomic E-state index is 0.0180. The Balaban J connectivity index is 1.71. The smallest absolute Gasteiger partial charge is 0.225 e.